The minimum absolute atomic E-state index is 0.121. The van der Waals surface area contributed by atoms with Crippen molar-refractivity contribution >= 4 is 5.91 Å². The second kappa shape index (κ2) is 5.82. The van der Waals surface area contributed by atoms with Gasteiger partial charge in [-0.2, -0.15) is 0 Å². The lowest BCUT2D eigenvalue weighted by molar-refractivity contribution is -0.120. The molecule has 17 heavy (non-hydrogen) atoms. The average Bonchev–Trinajstić information content (AvgIpc) is 2.38. The first-order chi connectivity index (χ1) is 8.25. The van der Waals surface area contributed by atoms with Crippen LogP contribution in [-0.2, 0) is 11.2 Å². The molecule has 0 radical (unpaired) electrons. The fourth-order valence-electron chi connectivity index (χ4n) is 2.49. The van der Waals surface area contributed by atoms with Gasteiger partial charge in [0.25, 0.3) is 0 Å². The smallest absolute Gasteiger partial charge is 0.234 e. The first kappa shape index (κ1) is 12.1. The Kier molecular flexibility index (Phi) is 4.15. The fraction of sp³-hybridized carbons (Fsp3) is 0.500. The Morgan fingerprint density at radius 2 is 2.12 bits per heavy atom. The number of rotatable bonds is 4. The van der Waals surface area contributed by atoms with Gasteiger partial charge in [0.2, 0.25) is 5.91 Å². The second-order valence-corrected chi connectivity index (χ2v) is 4.82. The molecular formula is C14H20N2O. The number of hydrogen-bond donors (Lipinski definition) is 2. The summed E-state index contributed by atoms with van der Waals surface area (Å²) in [6, 6.07) is 10.4. The van der Waals surface area contributed by atoms with Gasteiger partial charge in [0, 0.05) is 0 Å². The molecule has 2 unspecified atom stereocenters. The maximum Gasteiger partial charge on any atom is 0.234 e. The molecule has 0 bridgehead atoms. The Morgan fingerprint density at radius 3 is 2.82 bits per heavy atom. The zero-order valence-corrected chi connectivity index (χ0v) is 10.1. The van der Waals surface area contributed by atoms with E-state index in [1.54, 1.807) is 0 Å². The van der Waals surface area contributed by atoms with Gasteiger partial charge >= 0.3 is 0 Å². The number of primary amides is 1. The van der Waals surface area contributed by atoms with Crippen LogP contribution in [0.25, 0.3) is 0 Å². The predicted molar refractivity (Wildman–Crippen MR) is 68.5 cm³/mol. The van der Waals surface area contributed by atoms with Crippen molar-refractivity contribution in [1.82, 2.24) is 5.32 Å². The van der Waals surface area contributed by atoms with Crippen LogP contribution in [-0.4, -0.2) is 18.5 Å². The molecule has 1 fully saturated rings. The molecule has 1 aromatic rings. The molecule has 3 heteroatoms. The number of carbonyl (C=O) groups is 1. The second-order valence-electron chi connectivity index (χ2n) is 4.82. The van der Waals surface area contributed by atoms with E-state index >= 15 is 0 Å². The van der Waals surface area contributed by atoms with Gasteiger partial charge in [-0.3, -0.25) is 4.79 Å². The van der Waals surface area contributed by atoms with E-state index < -0.39 is 0 Å². The van der Waals surface area contributed by atoms with E-state index in [4.69, 9.17) is 5.73 Å². The first-order valence-corrected chi connectivity index (χ1v) is 6.32. The standard InChI is InChI=1S/C14H20N2O/c15-14(17)13-10-12(8-9-16-13)7-6-11-4-2-1-3-5-11/h1-5,12-13,16H,6-10H2,(H2,15,17). The number of piperidine rings is 1. The molecule has 0 saturated carbocycles. The Hall–Kier alpha value is -1.35. The number of nitrogens with one attached hydrogen (secondary N) is 1. The largest absolute Gasteiger partial charge is 0.368 e. The first-order valence-electron chi connectivity index (χ1n) is 6.32. The van der Waals surface area contributed by atoms with E-state index in [1.165, 1.54) is 5.56 Å². The summed E-state index contributed by atoms with van der Waals surface area (Å²) < 4.78 is 0. The summed E-state index contributed by atoms with van der Waals surface area (Å²) in [5.74, 6) is 0.406. The van der Waals surface area contributed by atoms with E-state index in [0.29, 0.717) is 5.92 Å². The molecular weight excluding hydrogens is 212 g/mol. The lowest BCUT2D eigenvalue weighted by atomic mass is 9.87. The van der Waals surface area contributed by atoms with Crippen molar-refractivity contribution in [3.8, 4) is 0 Å². The lowest BCUT2D eigenvalue weighted by Crippen LogP contribution is -2.46. The summed E-state index contributed by atoms with van der Waals surface area (Å²) in [7, 11) is 0. The van der Waals surface area contributed by atoms with Crippen LogP contribution in [0.2, 0.25) is 0 Å². The molecule has 92 valence electrons. The van der Waals surface area contributed by atoms with Crippen LogP contribution >= 0.6 is 0 Å². The molecule has 3 nitrogen and oxygen atoms in total. The van der Waals surface area contributed by atoms with Gasteiger partial charge in [0.15, 0.2) is 0 Å². The number of hydrogen-bond acceptors (Lipinski definition) is 2. The third-order valence-corrected chi connectivity index (χ3v) is 3.54. The van der Waals surface area contributed by atoms with E-state index in [0.717, 1.165) is 32.2 Å². The van der Waals surface area contributed by atoms with E-state index in [-0.39, 0.29) is 11.9 Å². The minimum Gasteiger partial charge on any atom is -0.368 e. The van der Waals surface area contributed by atoms with Crippen LogP contribution in [0.1, 0.15) is 24.8 Å². The molecule has 0 aromatic heterocycles. The molecule has 0 spiro atoms. The molecule has 1 heterocycles. The third-order valence-electron chi connectivity index (χ3n) is 3.54. The summed E-state index contributed by atoms with van der Waals surface area (Å²) in [4.78, 5) is 11.1. The highest BCUT2D eigenvalue weighted by Gasteiger charge is 2.24. The van der Waals surface area contributed by atoms with Crippen molar-refractivity contribution in [2.24, 2.45) is 11.7 Å². The van der Waals surface area contributed by atoms with E-state index in [1.807, 2.05) is 6.07 Å². The van der Waals surface area contributed by atoms with Crippen LogP contribution in [0, 0.1) is 5.92 Å². The average molecular weight is 232 g/mol. The Balaban J connectivity index is 1.81. The molecule has 1 saturated heterocycles. The molecule has 1 amide bonds. The molecule has 0 aliphatic carbocycles. The van der Waals surface area contributed by atoms with Crippen molar-refractivity contribution in [1.29, 1.82) is 0 Å². The Labute approximate surface area is 102 Å². The molecule has 1 aliphatic rings. The summed E-state index contributed by atoms with van der Waals surface area (Å²) in [5.41, 5.74) is 6.71. The van der Waals surface area contributed by atoms with Crippen LogP contribution in [0.4, 0.5) is 0 Å². The lowest BCUT2D eigenvalue weighted by Gasteiger charge is -2.28. The van der Waals surface area contributed by atoms with Gasteiger partial charge in [-0.15, -0.1) is 0 Å². The Morgan fingerprint density at radius 1 is 1.35 bits per heavy atom. The number of amides is 1. The third kappa shape index (κ3) is 3.56. The molecule has 1 aliphatic heterocycles. The normalized spacial score (nSPS) is 24.5. The quantitative estimate of drug-likeness (QED) is 0.826. The van der Waals surface area contributed by atoms with Crippen molar-refractivity contribution < 1.29 is 4.79 Å². The van der Waals surface area contributed by atoms with Crippen molar-refractivity contribution in [2.75, 3.05) is 6.54 Å². The summed E-state index contributed by atoms with van der Waals surface area (Å²) in [6.45, 7) is 0.910. The highest BCUT2D eigenvalue weighted by molar-refractivity contribution is 5.79. The highest BCUT2D eigenvalue weighted by Crippen LogP contribution is 2.21. The fourth-order valence-corrected chi connectivity index (χ4v) is 2.49. The number of carbonyl (C=O) groups excluding carboxylic acids is 1. The molecule has 2 atom stereocenters. The SMILES string of the molecule is NC(=O)C1CC(CCc2ccccc2)CCN1. The number of nitrogens with two attached hydrogens (primary N) is 1. The van der Waals surface area contributed by atoms with Gasteiger partial charge in [-0.05, 0) is 43.7 Å². The number of aryl methyl sites for hydroxylation is 1. The van der Waals surface area contributed by atoms with Gasteiger partial charge < -0.3 is 11.1 Å². The van der Waals surface area contributed by atoms with Crippen LogP contribution in [0.3, 0.4) is 0 Å². The van der Waals surface area contributed by atoms with Gasteiger partial charge in [0.1, 0.15) is 0 Å². The van der Waals surface area contributed by atoms with Gasteiger partial charge in [-0.1, -0.05) is 30.3 Å². The zero-order valence-electron chi connectivity index (χ0n) is 10.1. The molecule has 2 rings (SSSR count). The highest BCUT2D eigenvalue weighted by atomic mass is 16.1. The van der Waals surface area contributed by atoms with Gasteiger partial charge in [0.05, 0.1) is 6.04 Å². The zero-order chi connectivity index (χ0) is 12.1. The van der Waals surface area contributed by atoms with E-state index in [2.05, 4.69) is 29.6 Å². The maximum absolute atomic E-state index is 11.1. The maximum atomic E-state index is 11.1. The summed E-state index contributed by atoms with van der Waals surface area (Å²) in [5, 5.41) is 3.17. The van der Waals surface area contributed by atoms with Crippen LogP contribution in [0.15, 0.2) is 30.3 Å². The summed E-state index contributed by atoms with van der Waals surface area (Å²) in [6.07, 6.45) is 4.28. The minimum atomic E-state index is -0.214. The van der Waals surface area contributed by atoms with Gasteiger partial charge in [-0.25, -0.2) is 0 Å². The van der Waals surface area contributed by atoms with Crippen LogP contribution in [0.5, 0.6) is 0 Å². The van der Waals surface area contributed by atoms with Crippen molar-refractivity contribution in [3.63, 3.8) is 0 Å². The van der Waals surface area contributed by atoms with E-state index in [9.17, 15) is 4.79 Å². The monoisotopic (exact) mass is 232 g/mol. The van der Waals surface area contributed by atoms with Crippen molar-refractivity contribution in [3.05, 3.63) is 35.9 Å². The molecule has 3 N–H and O–H groups in total. The van der Waals surface area contributed by atoms with Crippen molar-refractivity contribution in [2.45, 2.75) is 31.7 Å². The molecule has 1 aromatic carbocycles. The predicted octanol–water partition coefficient (Wildman–Crippen LogP) is 1.47. The topological polar surface area (TPSA) is 55.1 Å². The van der Waals surface area contributed by atoms with Crippen LogP contribution < -0.4 is 11.1 Å². The number of benzene rings is 1. The summed E-state index contributed by atoms with van der Waals surface area (Å²) >= 11 is 0. The Bertz CT molecular complexity index is 364.